The fourth-order valence-electron chi connectivity index (χ4n) is 1.83. The summed E-state index contributed by atoms with van der Waals surface area (Å²) < 4.78 is 39.0. The van der Waals surface area contributed by atoms with Crippen LogP contribution in [0.3, 0.4) is 0 Å². The number of alkyl halides is 3. The van der Waals surface area contributed by atoms with Gasteiger partial charge in [-0.3, -0.25) is 0 Å². The smallest absolute Gasteiger partial charge is 0.386 e. The molecule has 0 unspecified atom stereocenters. The van der Waals surface area contributed by atoms with Gasteiger partial charge in [0, 0.05) is 0 Å². The second-order valence-corrected chi connectivity index (χ2v) is 3.58. The summed E-state index contributed by atoms with van der Waals surface area (Å²) in [5.74, 6) is 0. The van der Waals surface area contributed by atoms with Crippen molar-refractivity contribution in [3.05, 3.63) is 30.3 Å². The van der Waals surface area contributed by atoms with Crippen LogP contribution >= 0.6 is 0 Å². The molecule has 104 valence electrons. The van der Waals surface area contributed by atoms with E-state index in [1.807, 2.05) is 0 Å². The van der Waals surface area contributed by atoms with E-state index in [0.29, 0.717) is 18.6 Å². The van der Waals surface area contributed by atoms with Gasteiger partial charge in [-0.1, -0.05) is 49.6 Å². The second-order valence-electron chi connectivity index (χ2n) is 3.58. The SMILES string of the molecule is CCN(CC)B(c1ccccc1)C(F)(F)F.O.O. The van der Waals surface area contributed by atoms with Crippen molar-refractivity contribution in [2.75, 3.05) is 13.1 Å². The van der Waals surface area contributed by atoms with E-state index in [2.05, 4.69) is 0 Å². The number of hydrogen-bond donors (Lipinski definition) is 0. The van der Waals surface area contributed by atoms with Crippen LogP contribution in [0, 0.1) is 0 Å². The molecule has 1 aromatic rings. The van der Waals surface area contributed by atoms with Gasteiger partial charge < -0.3 is 15.8 Å². The molecule has 0 aromatic heterocycles. The summed E-state index contributed by atoms with van der Waals surface area (Å²) in [6.45, 7) is 2.75. The first kappa shape index (κ1) is 19.3. The van der Waals surface area contributed by atoms with Gasteiger partial charge in [-0.05, 0) is 13.1 Å². The predicted molar refractivity (Wildman–Crippen MR) is 68.0 cm³/mol. The van der Waals surface area contributed by atoms with E-state index in [-0.39, 0.29) is 11.0 Å². The van der Waals surface area contributed by atoms with Crippen molar-refractivity contribution in [2.24, 2.45) is 0 Å². The van der Waals surface area contributed by atoms with Gasteiger partial charge in [-0.25, -0.2) is 0 Å². The molecule has 0 aliphatic heterocycles. The van der Waals surface area contributed by atoms with Gasteiger partial charge >= 0.3 is 12.9 Å². The van der Waals surface area contributed by atoms with Crippen molar-refractivity contribution in [3.63, 3.8) is 0 Å². The van der Waals surface area contributed by atoms with E-state index < -0.39 is 12.9 Å². The summed E-state index contributed by atoms with van der Waals surface area (Å²) in [6.07, 6.45) is -4.23. The van der Waals surface area contributed by atoms with Crippen LogP contribution < -0.4 is 5.46 Å². The number of benzene rings is 1. The Labute approximate surface area is 105 Å². The molecule has 0 atom stereocenters. The zero-order chi connectivity index (χ0) is 12.2. The largest absolute Gasteiger partial charge is 0.412 e. The van der Waals surface area contributed by atoms with Crippen LogP contribution in [-0.2, 0) is 0 Å². The van der Waals surface area contributed by atoms with Crippen LogP contribution in [0.4, 0.5) is 13.2 Å². The molecular weight excluding hydrogens is 246 g/mol. The minimum Gasteiger partial charge on any atom is -0.412 e. The molecule has 7 heteroatoms. The van der Waals surface area contributed by atoms with Crippen LogP contribution in [0.25, 0.3) is 0 Å². The monoisotopic (exact) mass is 265 g/mol. The zero-order valence-electron chi connectivity index (χ0n) is 10.5. The standard InChI is InChI=1S/C11H15BF3N.2H2O/c1-3-16(4-2)12(11(13,14)15)10-8-6-5-7-9-10;;/h5-9H,3-4H2,1-2H3;2*1H2. The lowest BCUT2D eigenvalue weighted by Gasteiger charge is -2.28. The highest BCUT2D eigenvalue weighted by Crippen LogP contribution is 2.21. The lowest BCUT2D eigenvalue weighted by molar-refractivity contribution is -0.0567. The quantitative estimate of drug-likeness (QED) is 0.738. The topological polar surface area (TPSA) is 66.2 Å². The average molecular weight is 265 g/mol. The molecule has 4 N–H and O–H groups in total. The molecule has 0 radical (unpaired) electrons. The Hall–Kier alpha value is -1.05. The first-order valence-corrected chi connectivity index (χ1v) is 5.36. The molecule has 0 spiro atoms. The summed E-state index contributed by atoms with van der Waals surface area (Å²) in [4.78, 5) is 1.41. The molecule has 0 heterocycles. The van der Waals surface area contributed by atoms with Gasteiger partial charge in [0.2, 0.25) is 0 Å². The van der Waals surface area contributed by atoms with Crippen molar-refractivity contribution in [2.45, 2.75) is 19.9 Å². The maximum absolute atomic E-state index is 13.0. The summed E-state index contributed by atoms with van der Waals surface area (Å²) in [5.41, 5.74) is 0.304. The number of nitrogens with zero attached hydrogens (tertiary/aromatic N) is 1. The lowest BCUT2D eigenvalue weighted by Crippen LogP contribution is -2.58. The fraction of sp³-hybridized carbons (Fsp3) is 0.455. The molecule has 0 amide bonds. The number of hydrogen-bond acceptors (Lipinski definition) is 1. The van der Waals surface area contributed by atoms with E-state index in [0.717, 1.165) is 0 Å². The second kappa shape index (κ2) is 8.13. The summed E-state index contributed by atoms with van der Waals surface area (Å²) in [6, 6.07) is 8.04. The molecule has 1 aromatic carbocycles. The lowest BCUT2D eigenvalue weighted by atomic mass is 9.53. The van der Waals surface area contributed by atoms with Crippen LogP contribution in [-0.4, -0.2) is 41.8 Å². The maximum Gasteiger partial charge on any atom is 0.386 e. The van der Waals surface area contributed by atoms with Crippen LogP contribution in [0.2, 0.25) is 0 Å². The van der Waals surface area contributed by atoms with Gasteiger partial charge in [0.25, 0.3) is 0 Å². The highest BCUT2D eigenvalue weighted by molar-refractivity contribution is 6.72. The molecule has 3 nitrogen and oxygen atoms in total. The molecule has 1 rings (SSSR count). The predicted octanol–water partition coefficient (Wildman–Crippen LogP) is 0.679. The van der Waals surface area contributed by atoms with E-state index in [1.54, 1.807) is 32.0 Å². The molecular formula is C11H19BF3NO2. The normalized spacial score (nSPS) is 10.6. The average Bonchev–Trinajstić information content (AvgIpc) is 2.25. The molecule has 0 aliphatic carbocycles. The molecule has 0 aliphatic rings. The minimum atomic E-state index is -4.23. The third kappa shape index (κ3) is 4.68. The minimum absolute atomic E-state index is 0. The maximum atomic E-state index is 13.0. The molecule has 0 bridgehead atoms. The van der Waals surface area contributed by atoms with Gasteiger partial charge in [-0.2, -0.15) is 13.2 Å². The van der Waals surface area contributed by atoms with Crippen molar-refractivity contribution in [3.8, 4) is 0 Å². The van der Waals surface area contributed by atoms with E-state index in [4.69, 9.17) is 0 Å². The van der Waals surface area contributed by atoms with Crippen molar-refractivity contribution < 1.29 is 24.1 Å². The highest BCUT2D eigenvalue weighted by atomic mass is 19.4. The first-order chi connectivity index (χ1) is 7.50. The van der Waals surface area contributed by atoms with Crippen LogP contribution in [0.1, 0.15) is 13.8 Å². The van der Waals surface area contributed by atoms with E-state index >= 15 is 0 Å². The van der Waals surface area contributed by atoms with Gasteiger partial charge in [-0.15, -0.1) is 0 Å². The number of rotatable bonds is 4. The van der Waals surface area contributed by atoms with Crippen molar-refractivity contribution >= 4 is 12.3 Å². The third-order valence-electron chi connectivity index (χ3n) is 2.60. The Morgan fingerprint density at radius 2 is 1.44 bits per heavy atom. The van der Waals surface area contributed by atoms with Crippen LogP contribution in [0.15, 0.2) is 30.3 Å². The summed E-state index contributed by atoms with van der Waals surface area (Å²) in [7, 11) is 0. The van der Waals surface area contributed by atoms with Gasteiger partial charge in [0.05, 0.1) is 0 Å². The first-order valence-electron chi connectivity index (χ1n) is 5.36. The fourth-order valence-corrected chi connectivity index (χ4v) is 1.83. The molecule has 0 fully saturated rings. The molecule has 0 saturated heterocycles. The zero-order valence-corrected chi connectivity index (χ0v) is 10.5. The van der Waals surface area contributed by atoms with Gasteiger partial charge in [0.15, 0.2) is 0 Å². The van der Waals surface area contributed by atoms with E-state index in [1.165, 1.54) is 16.9 Å². The Balaban J connectivity index is 0. The molecule has 0 saturated carbocycles. The van der Waals surface area contributed by atoms with Gasteiger partial charge in [0.1, 0.15) is 0 Å². The summed E-state index contributed by atoms with van der Waals surface area (Å²) >= 11 is 0. The van der Waals surface area contributed by atoms with E-state index in [9.17, 15) is 13.2 Å². The Morgan fingerprint density at radius 3 is 1.78 bits per heavy atom. The molecule has 18 heavy (non-hydrogen) atoms. The number of halogens is 3. The Kier molecular flexibility index (Phi) is 8.71. The summed E-state index contributed by atoms with van der Waals surface area (Å²) in [5, 5.41) is 0. The Morgan fingerprint density at radius 1 is 1.00 bits per heavy atom. The third-order valence-corrected chi connectivity index (χ3v) is 2.60. The van der Waals surface area contributed by atoms with Crippen molar-refractivity contribution in [1.29, 1.82) is 0 Å². The van der Waals surface area contributed by atoms with Crippen molar-refractivity contribution in [1.82, 2.24) is 4.81 Å². The van der Waals surface area contributed by atoms with Crippen LogP contribution in [0.5, 0.6) is 0 Å². The highest BCUT2D eigenvalue weighted by Gasteiger charge is 2.48. The Bertz CT molecular complexity index is 318.